The molecule has 0 unspecified atom stereocenters. The van der Waals surface area contributed by atoms with Crippen molar-refractivity contribution in [1.29, 1.82) is 0 Å². The van der Waals surface area contributed by atoms with E-state index in [1.54, 1.807) is 6.20 Å². The van der Waals surface area contributed by atoms with E-state index < -0.39 is 5.97 Å². The molecule has 0 radical (unpaired) electrons. The van der Waals surface area contributed by atoms with Crippen molar-refractivity contribution in [2.45, 2.75) is 6.92 Å². The highest BCUT2D eigenvalue weighted by Crippen LogP contribution is 2.22. The third-order valence-corrected chi connectivity index (χ3v) is 2.72. The molecule has 4 nitrogen and oxygen atoms in total. The molecule has 2 aromatic heterocycles. The molecule has 0 spiro atoms. The quantitative estimate of drug-likeness (QED) is 0.842. The molecule has 1 N–H and O–H groups in total. The monoisotopic (exact) mass is 220 g/mol. The van der Waals surface area contributed by atoms with Gasteiger partial charge >= 0.3 is 5.97 Å². The lowest BCUT2D eigenvalue weighted by Crippen LogP contribution is -1.95. The van der Waals surface area contributed by atoms with Crippen LogP contribution in [0.1, 0.15) is 16.1 Å². The standard InChI is InChI=1S/C10H8N2O2S/c1-6-2-3-11-7(4-6)9-12-8(5-15-9)10(13)14/h2-5H,1H3,(H,13,14). The normalized spacial score (nSPS) is 10.2. The molecule has 0 aromatic carbocycles. The van der Waals surface area contributed by atoms with Gasteiger partial charge in [-0.3, -0.25) is 4.98 Å². The Hall–Kier alpha value is -1.75. The molecule has 0 aliphatic rings. The summed E-state index contributed by atoms with van der Waals surface area (Å²) < 4.78 is 0. The first-order valence-corrected chi connectivity index (χ1v) is 5.16. The summed E-state index contributed by atoms with van der Waals surface area (Å²) in [6.45, 7) is 1.96. The van der Waals surface area contributed by atoms with E-state index in [1.165, 1.54) is 16.7 Å². The molecule has 0 bridgehead atoms. The van der Waals surface area contributed by atoms with Gasteiger partial charge in [0.25, 0.3) is 0 Å². The molecule has 0 aliphatic carbocycles. The maximum Gasteiger partial charge on any atom is 0.355 e. The van der Waals surface area contributed by atoms with Crippen LogP contribution in [0, 0.1) is 6.92 Å². The zero-order valence-electron chi connectivity index (χ0n) is 7.97. The van der Waals surface area contributed by atoms with E-state index in [0.717, 1.165) is 5.56 Å². The van der Waals surface area contributed by atoms with Gasteiger partial charge in [0.2, 0.25) is 0 Å². The molecule has 2 heterocycles. The Kier molecular flexibility index (Phi) is 2.47. The van der Waals surface area contributed by atoms with Gasteiger partial charge in [-0.2, -0.15) is 0 Å². The highest BCUT2D eigenvalue weighted by molar-refractivity contribution is 7.13. The molecule has 0 aliphatic heterocycles. The van der Waals surface area contributed by atoms with Crippen molar-refractivity contribution in [3.63, 3.8) is 0 Å². The highest BCUT2D eigenvalue weighted by atomic mass is 32.1. The van der Waals surface area contributed by atoms with Gasteiger partial charge in [0.15, 0.2) is 5.69 Å². The van der Waals surface area contributed by atoms with Crippen LogP contribution in [0.5, 0.6) is 0 Å². The van der Waals surface area contributed by atoms with E-state index in [1.807, 2.05) is 19.1 Å². The predicted molar refractivity (Wildman–Crippen MR) is 57.0 cm³/mol. The SMILES string of the molecule is Cc1ccnc(-c2nc(C(=O)O)cs2)c1. The third kappa shape index (κ3) is 2.02. The second-order valence-corrected chi connectivity index (χ2v) is 3.92. The van der Waals surface area contributed by atoms with Gasteiger partial charge in [-0.05, 0) is 24.6 Å². The van der Waals surface area contributed by atoms with Crippen LogP contribution in [0.25, 0.3) is 10.7 Å². The number of rotatable bonds is 2. The second kappa shape index (κ2) is 3.78. The first kappa shape index (κ1) is 9.79. The van der Waals surface area contributed by atoms with Crippen LogP contribution in [0.4, 0.5) is 0 Å². The van der Waals surface area contributed by atoms with Crippen molar-refractivity contribution >= 4 is 17.3 Å². The van der Waals surface area contributed by atoms with Crippen LogP contribution >= 0.6 is 11.3 Å². The lowest BCUT2D eigenvalue weighted by molar-refractivity contribution is 0.0691. The fraction of sp³-hybridized carbons (Fsp3) is 0.100. The van der Waals surface area contributed by atoms with E-state index >= 15 is 0 Å². The van der Waals surface area contributed by atoms with Gasteiger partial charge in [-0.15, -0.1) is 11.3 Å². The Morgan fingerprint density at radius 1 is 1.53 bits per heavy atom. The Labute approximate surface area is 90.3 Å². The number of thiazole rings is 1. The molecule has 0 saturated carbocycles. The van der Waals surface area contributed by atoms with Crippen molar-refractivity contribution < 1.29 is 9.90 Å². The molecule has 0 amide bonds. The Balaban J connectivity index is 2.41. The highest BCUT2D eigenvalue weighted by Gasteiger charge is 2.10. The molecule has 2 rings (SSSR count). The largest absolute Gasteiger partial charge is 0.476 e. The van der Waals surface area contributed by atoms with E-state index in [0.29, 0.717) is 10.7 Å². The van der Waals surface area contributed by atoms with Crippen LogP contribution in [0.3, 0.4) is 0 Å². The average molecular weight is 220 g/mol. The number of aromatic nitrogens is 2. The van der Waals surface area contributed by atoms with E-state index in [4.69, 9.17) is 5.11 Å². The Bertz CT molecular complexity index is 508. The lowest BCUT2D eigenvalue weighted by atomic mass is 10.2. The number of carboxylic acids is 1. The number of hydrogen-bond donors (Lipinski definition) is 1. The topological polar surface area (TPSA) is 63.1 Å². The van der Waals surface area contributed by atoms with Gasteiger partial charge in [-0.1, -0.05) is 0 Å². The molecular formula is C10H8N2O2S. The van der Waals surface area contributed by atoms with Crippen LogP contribution in [-0.2, 0) is 0 Å². The zero-order valence-corrected chi connectivity index (χ0v) is 8.78. The summed E-state index contributed by atoms with van der Waals surface area (Å²) in [5, 5.41) is 10.9. The first-order chi connectivity index (χ1) is 7.16. The molecule has 0 fully saturated rings. The van der Waals surface area contributed by atoms with Gasteiger partial charge in [0.1, 0.15) is 5.01 Å². The van der Waals surface area contributed by atoms with E-state index in [-0.39, 0.29) is 5.69 Å². The minimum Gasteiger partial charge on any atom is -0.476 e. The summed E-state index contributed by atoms with van der Waals surface area (Å²) in [6, 6.07) is 3.76. The van der Waals surface area contributed by atoms with Crippen LogP contribution in [0.2, 0.25) is 0 Å². The number of aromatic carboxylic acids is 1. The van der Waals surface area contributed by atoms with Crippen molar-refractivity contribution in [2.24, 2.45) is 0 Å². The van der Waals surface area contributed by atoms with Crippen LogP contribution < -0.4 is 0 Å². The van der Waals surface area contributed by atoms with Crippen molar-refractivity contribution in [3.05, 3.63) is 35.0 Å². The minimum absolute atomic E-state index is 0.0679. The molecular weight excluding hydrogens is 212 g/mol. The molecule has 2 aromatic rings. The summed E-state index contributed by atoms with van der Waals surface area (Å²) in [7, 11) is 0. The van der Waals surface area contributed by atoms with Gasteiger partial charge in [0.05, 0.1) is 5.69 Å². The maximum absolute atomic E-state index is 10.6. The predicted octanol–water partition coefficient (Wildman–Crippen LogP) is 2.21. The Morgan fingerprint density at radius 2 is 2.33 bits per heavy atom. The number of carbonyl (C=O) groups is 1. The average Bonchev–Trinajstić information content (AvgIpc) is 2.66. The van der Waals surface area contributed by atoms with E-state index in [2.05, 4.69) is 9.97 Å². The zero-order chi connectivity index (χ0) is 10.8. The first-order valence-electron chi connectivity index (χ1n) is 4.28. The molecule has 76 valence electrons. The Morgan fingerprint density at radius 3 is 2.93 bits per heavy atom. The van der Waals surface area contributed by atoms with Gasteiger partial charge in [-0.25, -0.2) is 9.78 Å². The molecule has 5 heteroatoms. The van der Waals surface area contributed by atoms with Crippen LogP contribution in [0.15, 0.2) is 23.7 Å². The molecule has 15 heavy (non-hydrogen) atoms. The third-order valence-electron chi connectivity index (χ3n) is 1.86. The second-order valence-electron chi connectivity index (χ2n) is 3.06. The minimum atomic E-state index is -1.01. The van der Waals surface area contributed by atoms with Crippen molar-refractivity contribution in [3.8, 4) is 10.7 Å². The number of nitrogens with zero attached hydrogens (tertiary/aromatic N) is 2. The number of pyridine rings is 1. The lowest BCUT2D eigenvalue weighted by Gasteiger charge is -1.95. The summed E-state index contributed by atoms with van der Waals surface area (Å²) >= 11 is 1.29. The summed E-state index contributed by atoms with van der Waals surface area (Å²) in [5.41, 5.74) is 1.86. The number of carboxylic acid groups (broad SMARTS) is 1. The molecule has 0 atom stereocenters. The van der Waals surface area contributed by atoms with Gasteiger partial charge in [0, 0.05) is 11.6 Å². The summed E-state index contributed by atoms with van der Waals surface area (Å²) in [6.07, 6.45) is 1.69. The van der Waals surface area contributed by atoms with E-state index in [9.17, 15) is 4.79 Å². The summed E-state index contributed by atoms with van der Waals surface area (Å²) in [4.78, 5) is 18.8. The number of hydrogen-bond acceptors (Lipinski definition) is 4. The molecule has 0 saturated heterocycles. The van der Waals surface area contributed by atoms with Gasteiger partial charge < -0.3 is 5.11 Å². The number of aryl methyl sites for hydroxylation is 1. The maximum atomic E-state index is 10.6. The summed E-state index contributed by atoms with van der Waals surface area (Å²) in [5.74, 6) is -1.01. The smallest absolute Gasteiger partial charge is 0.355 e. The fourth-order valence-electron chi connectivity index (χ4n) is 1.14. The van der Waals surface area contributed by atoms with Crippen molar-refractivity contribution in [2.75, 3.05) is 0 Å². The fourth-order valence-corrected chi connectivity index (χ4v) is 1.90. The van der Waals surface area contributed by atoms with Crippen molar-refractivity contribution in [1.82, 2.24) is 9.97 Å². The van der Waals surface area contributed by atoms with Crippen LogP contribution in [-0.4, -0.2) is 21.0 Å².